The number of hydrogen-bond donors (Lipinski definition) is 2. The molecule has 0 bridgehead atoms. The maximum Gasteiger partial charge on any atom is 0.377 e. The largest absolute Gasteiger partial charge is 0.477 e. The molecule has 1 aromatic carbocycles. The zero-order valence-electron chi connectivity index (χ0n) is 14.1. The van der Waals surface area contributed by atoms with Gasteiger partial charge in [-0.05, 0) is 42.7 Å². The fourth-order valence-corrected chi connectivity index (χ4v) is 5.60. The average Bonchev–Trinajstić information content (AvgIpc) is 2.96. The van der Waals surface area contributed by atoms with Crippen LogP contribution >= 0.6 is 0 Å². The summed E-state index contributed by atoms with van der Waals surface area (Å²) in [6.45, 7) is -0.636. The van der Waals surface area contributed by atoms with Crippen LogP contribution in [-0.2, 0) is 27.7 Å². The number of aliphatic hydroxyl groups is 1. The molecule has 0 aromatic heterocycles. The minimum atomic E-state index is -4.31. The van der Waals surface area contributed by atoms with E-state index in [9.17, 15) is 27.1 Å². The highest BCUT2D eigenvalue weighted by molar-refractivity contribution is 7.89. The summed E-state index contributed by atoms with van der Waals surface area (Å²) in [5, 5.41) is 18.6. The van der Waals surface area contributed by atoms with E-state index in [1.165, 1.54) is 0 Å². The quantitative estimate of drug-likeness (QED) is 0.791. The molecule has 2 aliphatic rings. The van der Waals surface area contributed by atoms with Crippen molar-refractivity contribution >= 4 is 16.0 Å². The van der Waals surface area contributed by atoms with Gasteiger partial charge in [0.25, 0.3) is 0 Å². The predicted molar refractivity (Wildman–Crippen MR) is 89.5 cm³/mol. The normalized spacial score (nSPS) is 21.5. The Bertz CT molecular complexity index is 778. The summed E-state index contributed by atoms with van der Waals surface area (Å²) in [6, 6.07) is 7.75. The maximum absolute atomic E-state index is 13.7. The molecule has 144 valence electrons. The first-order valence-corrected chi connectivity index (χ1v) is 10.0. The number of nitrogens with zero attached hydrogens (tertiary/aromatic N) is 1. The van der Waals surface area contributed by atoms with Crippen LogP contribution in [0.1, 0.15) is 24.0 Å². The molecule has 9 heteroatoms. The van der Waals surface area contributed by atoms with E-state index in [1.807, 2.05) is 24.3 Å². The lowest BCUT2D eigenvalue weighted by Crippen LogP contribution is -2.59. The van der Waals surface area contributed by atoms with E-state index in [4.69, 9.17) is 5.11 Å². The van der Waals surface area contributed by atoms with Gasteiger partial charge in [-0.25, -0.2) is 17.5 Å². The van der Waals surface area contributed by atoms with Crippen LogP contribution in [-0.4, -0.2) is 59.3 Å². The van der Waals surface area contributed by atoms with Crippen LogP contribution in [0.5, 0.6) is 0 Å². The molecule has 26 heavy (non-hydrogen) atoms. The molecule has 3 rings (SSSR count). The minimum absolute atomic E-state index is 0.0707. The molecule has 0 radical (unpaired) electrons. The Balaban J connectivity index is 1.63. The van der Waals surface area contributed by atoms with Crippen LogP contribution in [0.4, 0.5) is 8.78 Å². The number of halogens is 2. The fraction of sp³-hybridized carbons (Fsp3) is 0.588. The summed E-state index contributed by atoms with van der Waals surface area (Å²) in [4.78, 5) is 10.7. The zero-order valence-corrected chi connectivity index (χ0v) is 14.9. The molecule has 0 atom stereocenters. The monoisotopic (exact) mass is 389 g/mol. The lowest BCUT2D eigenvalue weighted by atomic mass is 9.86. The van der Waals surface area contributed by atoms with Crippen molar-refractivity contribution in [2.24, 2.45) is 5.92 Å². The first kappa shape index (κ1) is 19.2. The minimum Gasteiger partial charge on any atom is -0.477 e. The van der Waals surface area contributed by atoms with Gasteiger partial charge in [-0.15, -0.1) is 0 Å². The standard InChI is InChI=1S/C17H21F2NO5S/c18-17(19,15(21)22)16(23)5-7-20(8-6-16)26(24,25)11-12-9-13-3-1-2-4-14(13)10-12/h1-4,12,23H,5-11H2,(H,21,22). The number of carboxylic acid groups (broad SMARTS) is 1. The third-order valence-electron chi connectivity index (χ3n) is 5.38. The molecule has 0 amide bonds. The lowest BCUT2D eigenvalue weighted by Gasteiger charge is -2.40. The highest BCUT2D eigenvalue weighted by Gasteiger charge is 2.60. The van der Waals surface area contributed by atoms with Crippen molar-refractivity contribution in [3.63, 3.8) is 0 Å². The van der Waals surface area contributed by atoms with Crippen LogP contribution in [0.2, 0.25) is 0 Å². The van der Waals surface area contributed by atoms with Crippen LogP contribution in [0.25, 0.3) is 0 Å². The topological polar surface area (TPSA) is 94.9 Å². The highest BCUT2D eigenvalue weighted by atomic mass is 32.2. The van der Waals surface area contributed by atoms with Crippen molar-refractivity contribution in [2.45, 2.75) is 37.2 Å². The average molecular weight is 389 g/mol. The summed E-state index contributed by atoms with van der Waals surface area (Å²) < 4.78 is 53.7. The molecular weight excluding hydrogens is 368 g/mol. The molecule has 0 spiro atoms. The molecule has 0 unspecified atom stereocenters. The van der Waals surface area contributed by atoms with Gasteiger partial charge in [-0.2, -0.15) is 8.78 Å². The van der Waals surface area contributed by atoms with Crippen molar-refractivity contribution in [3.05, 3.63) is 35.4 Å². The number of alkyl halides is 2. The van der Waals surface area contributed by atoms with E-state index in [-0.39, 0.29) is 24.8 Å². The summed E-state index contributed by atoms with van der Waals surface area (Å²) in [7, 11) is -3.67. The number of rotatable bonds is 5. The SMILES string of the molecule is O=C(O)C(F)(F)C1(O)CCN(S(=O)(=O)CC2Cc3ccccc3C2)CC1. The zero-order chi connectivity index (χ0) is 19.2. The number of benzene rings is 1. The van der Waals surface area contributed by atoms with Crippen molar-refractivity contribution in [2.75, 3.05) is 18.8 Å². The van der Waals surface area contributed by atoms with Gasteiger partial charge in [0.1, 0.15) is 5.60 Å². The van der Waals surface area contributed by atoms with Gasteiger partial charge < -0.3 is 10.2 Å². The summed E-state index contributed by atoms with van der Waals surface area (Å²) in [5.74, 6) is -6.87. The van der Waals surface area contributed by atoms with Gasteiger partial charge in [0, 0.05) is 13.1 Å². The van der Waals surface area contributed by atoms with Crippen molar-refractivity contribution in [3.8, 4) is 0 Å². The van der Waals surface area contributed by atoms with E-state index in [2.05, 4.69) is 0 Å². The Morgan fingerprint density at radius 2 is 1.69 bits per heavy atom. The molecule has 1 fully saturated rings. The van der Waals surface area contributed by atoms with Crippen LogP contribution in [0, 0.1) is 5.92 Å². The van der Waals surface area contributed by atoms with Gasteiger partial charge in [0.05, 0.1) is 5.75 Å². The highest BCUT2D eigenvalue weighted by Crippen LogP contribution is 2.38. The van der Waals surface area contributed by atoms with Crippen molar-refractivity contribution in [1.29, 1.82) is 0 Å². The van der Waals surface area contributed by atoms with E-state index in [0.717, 1.165) is 15.4 Å². The molecule has 1 saturated heterocycles. The van der Waals surface area contributed by atoms with Gasteiger partial charge >= 0.3 is 11.9 Å². The molecule has 1 aliphatic heterocycles. The fourth-order valence-electron chi connectivity index (χ4n) is 3.82. The molecule has 6 nitrogen and oxygen atoms in total. The third kappa shape index (κ3) is 3.35. The second-order valence-electron chi connectivity index (χ2n) is 7.13. The molecule has 1 aliphatic carbocycles. The molecule has 2 N–H and O–H groups in total. The van der Waals surface area contributed by atoms with E-state index in [1.54, 1.807) is 0 Å². The Morgan fingerprint density at radius 3 is 2.15 bits per heavy atom. The first-order valence-electron chi connectivity index (χ1n) is 8.43. The van der Waals surface area contributed by atoms with E-state index < -0.39 is 40.4 Å². The Morgan fingerprint density at radius 1 is 1.19 bits per heavy atom. The van der Waals surface area contributed by atoms with E-state index >= 15 is 0 Å². The van der Waals surface area contributed by atoms with Crippen molar-refractivity contribution < 1.29 is 32.2 Å². The van der Waals surface area contributed by atoms with Crippen LogP contribution < -0.4 is 0 Å². The van der Waals surface area contributed by atoms with Gasteiger partial charge in [-0.3, -0.25) is 0 Å². The molecule has 1 aromatic rings. The molecule has 1 heterocycles. The number of sulfonamides is 1. The second-order valence-corrected chi connectivity index (χ2v) is 9.15. The number of fused-ring (bicyclic) bond motifs is 1. The Hall–Kier alpha value is -1.58. The maximum atomic E-state index is 13.7. The summed E-state index contributed by atoms with van der Waals surface area (Å²) >= 11 is 0. The molecular formula is C17H21F2NO5S. The number of aliphatic carboxylic acids is 1. The Kier molecular flexibility index (Phi) is 4.83. The molecule has 0 saturated carbocycles. The van der Waals surface area contributed by atoms with Crippen LogP contribution in [0.15, 0.2) is 24.3 Å². The first-order chi connectivity index (χ1) is 12.1. The smallest absolute Gasteiger partial charge is 0.377 e. The number of carbonyl (C=O) groups is 1. The summed E-state index contributed by atoms with van der Waals surface area (Å²) in [6.07, 6.45) is 0.0847. The third-order valence-corrected chi connectivity index (χ3v) is 7.42. The number of carboxylic acids is 1. The van der Waals surface area contributed by atoms with E-state index in [0.29, 0.717) is 12.8 Å². The lowest BCUT2D eigenvalue weighted by molar-refractivity contribution is -0.216. The van der Waals surface area contributed by atoms with Gasteiger partial charge in [0.15, 0.2) is 0 Å². The number of hydrogen-bond acceptors (Lipinski definition) is 4. The van der Waals surface area contributed by atoms with Gasteiger partial charge in [0.2, 0.25) is 10.0 Å². The second kappa shape index (κ2) is 6.54. The number of piperidine rings is 1. The van der Waals surface area contributed by atoms with Gasteiger partial charge in [-0.1, -0.05) is 24.3 Å². The summed E-state index contributed by atoms with van der Waals surface area (Å²) in [5.41, 5.74) is -0.474. The van der Waals surface area contributed by atoms with Crippen molar-refractivity contribution in [1.82, 2.24) is 4.31 Å². The Labute approximate surface area is 150 Å². The predicted octanol–water partition coefficient (Wildman–Crippen LogP) is 1.28. The van der Waals surface area contributed by atoms with Crippen LogP contribution in [0.3, 0.4) is 0 Å².